The molecular formula is C17H24N2O. The highest BCUT2D eigenvalue weighted by Gasteiger charge is 2.14. The second-order valence-electron chi connectivity index (χ2n) is 4.60. The third kappa shape index (κ3) is 3.56. The van der Waals surface area contributed by atoms with Crippen molar-refractivity contribution in [2.45, 2.75) is 40.5 Å². The first-order valence-corrected chi connectivity index (χ1v) is 7.10. The molecule has 1 heterocycles. The van der Waals surface area contributed by atoms with E-state index >= 15 is 0 Å². The number of nitrogens with zero attached hydrogens (tertiary/aromatic N) is 2. The van der Waals surface area contributed by atoms with E-state index in [1.807, 2.05) is 39.0 Å². The fourth-order valence-corrected chi connectivity index (χ4v) is 1.99. The van der Waals surface area contributed by atoms with Gasteiger partial charge in [0.15, 0.2) is 5.82 Å². The molecule has 0 saturated carbocycles. The Kier molecular flexibility index (Phi) is 6.16. The van der Waals surface area contributed by atoms with Gasteiger partial charge in [-0.1, -0.05) is 39.8 Å². The third-order valence-corrected chi connectivity index (χ3v) is 2.91. The maximum Gasteiger partial charge on any atom is 0.163 e. The Labute approximate surface area is 122 Å². The molecule has 2 rings (SSSR count). The van der Waals surface area contributed by atoms with Crippen LogP contribution in [0.4, 0.5) is 0 Å². The summed E-state index contributed by atoms with van der Waals surface area (Å²) in [7, 11) is 1.69. The minimum Gasteiger partial charge on any atom is -0.496 e. The summed E-state index contributed by atoms with van der Waals surface area (Å²) in [6, 6.07) is 8.00. The summed E-state index contributed by atoms with van der Waals surface area (Å²) in [4.78, 5) is 8.79. The Morgan fingerprint density at radius 1 is 1.10 bits per heavy atom. The molecule has 0 fully saturated rings. The molecule has 0 unspecified atom stereocenters. The lowest BCUT2D eigenvalue weighted by atomic mass is 9.98. The van der Waals surface area contributed by atoms with Crippen LogP contribution in [0.25, 0.3) is 11.4 Å². The van der Waals surface area contributed by atoms with Crippen molar-refractivity contribution in [2.24, 2.45) is 0 Å². The van der Waals surface area contributed by atoms with Crippen LogP contribution in [-0.2, 0) is 0 Å². The summed E-state index contributed by atoms with van der Waals surface area (Å²) >= 11 is 0. The SMILES string of the molecule is CC.COc1c(-c2nccc(C)n2)cccc1C(C)C. The van der Waals surface area contributed by atoms with Crippen molar-refractivity contribution in [1.82, 2.24) is 9.97 Å². The zero-order valence-corrected chi connectivity index (χ0v) is 13.3. The Bertz CT molecular complexity index is 550. The first kappa shape index (κ1) is 16.2. The normalized spacial score (nSPS) is 9.95. The molecule has 1 aromatic carbocycles. The molecule has 0 aliphatic carbocycles. The van der Waals surface area contributed by atoms with Crippen LogP contribution in [0.5, 0.6) is 5.75 Å². The van der Waals surface area contributed by atoms with Crippen molar-refractivity contribution in [1.29, 1.82) is 0 Å². The molecule has 20 heavy (non-hydrogen) atoms. The van der Waals surface area contributed by atoms with Crippen LogP contribution in [0.3, 0.4) is 0 Å². The fourth-order valence-electron chi connectivity index (χ4n) is 1.99. The molecule has 3 nitrogen and oxygen atoms in total. The Morgan fingerprint density at radius 2 is 1.80 bits per heavy atom. The highest BCUT2D eigenvalue weighted by Crippen LogP contribution is 2.34. The molecular weight excluding hydrogens is 248 g/mol. The molecule has 0 atom stereocenters. The van der Waals surface area contributed by atoms with E-state index < -0.39 is 0 Å². The van der Waals surface area contributed by atoms with Crippen molar-refractivity contribution < 1.29 is 4.74 Å². The second kappa shape index (κ2) is 7.63. The van der Waals surface area contributed by atoms with Gasteiger partial charge in [0.25, 0.3) is 0 Å². The minimum absolute atomic E-state index is 0.407. The molecule has 0 aliphatic rings. The van der Waals surface area contributed by atoms with Crippen molar-refractivity contribution in [2.75, 3.05) is 7.11 Å². The molecule has 0 amide bonds. The third-order valence-electron chi connectivity index (χ3n) is 2.91. The summed E-state index contributed by atoms with van der Waals surface area (Å²) in [5.74, 6) is 2.00. The van der Waals surface area contributed by atoms with Gasteiger partial charge in [0.05, 0.1) is 12.7 Å². The fraction of sp³-hybridized carbons (Fsp3) is 0.412. The standard InChI is InChI=1S/C15H18N2O.C2H6/c1-10(2)12-6-5-7-13(14(12)18-4)15-16-9-8-11(3)17-15;1-2/h5-10H,1-4H3;1-2H3. The van der Waals surface area contributed by atoms with Crippen molar-refractivity contribution in [3.8, 4) is 17.1 Å². The van der Waals surface area contributed by atoms with E-state index in [1.54, 1.807) is 13.3 Å². The van der Waals surface area contributed by atoms with Gasteiger partial charge >= 0.3 is 0 Å². The largest absolute Gasteiger partial charge is 0.496 e. The van der Waals surface area contributed by atoms with Gasteiger partial charge < -0.3 is 4.74 Å². The molecule has 3 heteroatoms. The Hall–Kier alpha value is -1.90. The van der Waals surface area contributed by atoms with E-state index in [9.17, 15) is 0 Å². The first-order valence-electron chi connectivity index (χ1n) is 7.10. The molecule has 0 N–H and O–H groups in total. The zero-order chi connectivity index (χ0) is 15.1. The lowest BCUT2D eigenvalue weighted by molar-refractivity contribution is 0.409. The van der Waals surface area contributed by atoms with Gasteiger partial charge in [-0.15, -0.1) is 0 Å². The molecule has 1 aromatic heterocycles. The maximum absolute atomic E-state index is 5.55. The van der Waals surface area contributed by atoms with Crippen LogP contribution in [0.1, 0.15) is 44.9 Å². The van der Waals surface area contributed by atoms with E-state index in [0.717, 1.165) is 17.0 Å². The molecule has 0 aliphatic heterocycles. The number of aromatic nitrogens is 2. The number of hydrogen-bond acceptors (Lipinski definition) is 3. The van der Waals surface area contributed by atoms with E-state index in [-0.39, 0.29) is 0 Å². The number of benzene rings is 1. The number of para-hydroxylation sites is 1. The van der Waals surface area contributed by atoms with Crippen molar-refractivity contribution in [3.63, 3.8) is 0 Å². The maximum atomic E-state index is 5.55. The summed E-state index contributed by atoms with van der Waals surface area (Å²) in [6.07, 6.45) is 1.78. The molecule has 0 bridgehead atoms. The van der Waals surface area contributed by atoms with Crippen LogP contribution in [0, 0.1) is 6.92 Å². The summed E-state index contributed by atoms with van der Waals surface area (Å²) in [5.41, 5.74) is 3.09. The Morgan fingerprint density at radius 3 is 2.35 bits per heavy atom. The molecule has 0 spiro atoms. The Balaban J connectivity index is 0.000000956. The monoisotopic (exact) mass is 272 g/mol. The smallest absolute Gasteiger partial charge is 0.163 e. The van der Waals surface area contributed by atoms with E-state index in [1.165, 1.54) is 5.56 Å². The van der Waals surface area contributed by atoms with Gasteiger partial charge in [-0.2, -0.15) is 0 Å². The van der Waals surface area contributed by atoms with Gasteiger partial charge in [0.2, 0.25) is 0 Å². The first-order chi connectivity index (χ1) is 9.63. The lowest BCUT2D eigenvalue weighted by Crippen LogP contribution is -1.99. The van der Waals surface area contributed by atoms with E-state index in [2.05, 4.69) is 29.9 Å². The molecule has 0 saturated heterocycles. The average Bonchev–Trinajstić information content (AvgIpc) is 2.48. The minimum atomic E-state index is 0.407. The quantitative estimate of drug-likeness (QED) is 0.818. The van der Waals surface area contributed by atoms with Crippen LogP contribution in [0.2, 0.25) is 0 Å². The number of ether oxygens (including phenoxy) is 1. The highest BCUT2D eigenvalue weighted by atomic mass is 16.5. The van der Waals surface area contributed by atoms with Gasteiger partial charge in [0, 0.05) is 11.9 Å². The van der Waals surface area contributed by atoms with Crippen molar-refractivity contribution >= 4 is 0 Å². The van der Waals surface area contributed by atoms with Gasteiger partial charge in [-0.25, -0.2) is 9.97 Å². The number of aryl methyl sites for hydroxylation is 1. The molecule has 2 aromatic rings. The van der Waals surface area contributed by atoms with Crippen molar-refractivity contribution in [3.05, 3.63) is 41.7 Å². The predicted molar refractivity (Wildman–Crippen MR) is 84.2 cm³/mol. The molecule has 0 radical (unpaired) electrons. The van der Waals surface area contributed by atoms with Crippen LogP contribution in [-0.4, -0.2) is 17.1 Å². The van der Waals surface area contributed by atoms with Crippen LogP contribution < -0.4 is 4.74 Å². The second-order valence-corrected chi connectivity index (χ2v) is 4.60. The zero-order valence-electron chi connectivity index (χ0n) is 13.3. The topological polar surface area (TPSA) is 35.0 Å². The predicted octanol–water partition coefficient (Wildman–Crippen LogP) is 4.61. The number of hydrogen-bond donors (Lipinski definition) is 0. The van der Waals surface area contributed by atoms with Crippen LogP contribution >= 0.6 is 0 Å². The highest BCUT2D eigenvalue weighted by molar-refractivity contribution is 5.67. The summed E-state index contributed by atoms with van der Waals surface area (Å²) in [5, 5.41) is 0. The van der Waals surface area contributed by atoms with Gasteiger partial charge in [-0.3, -0.25) is 0 Å². The average molecular weight is 272 g/mol. The molecule has 108 valence electrons. The lowest BCUT2D eigenvalue weighted by Gasteiger charge is -2.15. The van der Waals surface area contributed by atoms with Crippen LogP contribution in [0.15, 0.2) is 30.5 Å². The summed E-state index contributed by atoms with van der Waals surface area (Å²) < 4.78 is 5.55. The van der Waals surface area contributed by atoms with E-state index in [0.29, 0.717) is 11.7 Å². The summed E-state index contributed by atoms with van der Waals surface area (Å²) in [6.45, 7) is 10.3. The van der Waals surface area contributed by atoms with Gasteiger partial charge in [0.1, 0.15) is 5.75 Å². The number of methoxy groups -OCH3 is 1. The number of rotatable bonds is 3. The van der Waals surface area contributed by atoms with E-state index in [4.69, 9.17) is 4.74 Å². The van der Waals surface area contributed by atoms with Gasteiger partial charge in [-0.05, 0) is 30.5 Å².